The summed E-state index contributed by atoms with van der Waals surface area (Å²) in [5, 5.41) is 14.0. The number of hydrogen-bond acceptors (Lipinski definition) is 7. The van der Waals surface area contributed by atoms with E-state index in [9.17, 15) is 9.59 Å². The van der Waals surface area contributed by atoms with E-state index in [1.54, 1.807) is 16.8 Å². The van der Waals surface area contributed by atoms with Crippen molar-refractivity contribution in [2.24, 2.45) is 0 Å². The highest BCUT2D eigenvalue weighted by Crippen LogP contribution is 2.36. The number of benzene rings is 2. The van der Waals surface area contributed by atoms with Crippen LogP contribution in [0.25, 0.3) is 17.1 Å². The molecule has 3 heterocycles. The minimum absolute atomic E-state index is 0.00907. The number of nitrogens with zero attached hydrogens (tertiary/aromatic N) is 4. The molecule has 0 spiro atoms. The van der Waals surface area contributed by atoms with Gasteiger partial charge < -0.3 is 16.0 Å². The lowest BCUT2D eigenvalue weighted by atomic mass is 10.1. The van der Waals surface area contributed by atoms with E-state index < -0.39 is 0 Å². The van der Waals surface area contributed by atoms with Gasteiger partial charge in [-0.1, -0.05) is 60.8 Å². The SMILES string of the molecule is CC(C)c1[nH]n(-c2c(Cl)cc(Cl)cc2Cl)c2nc(Cc3ccc(NC(=O)CN4CCNCCNCC4)cc3)nc(=O)c1-2. The van der Waals surface area contributed by atoms with E-state index in [4.69, 9.17) is 39.8 Å². The predicted molar refractivity (Wildman–Crippen MR) is 168 cm³/mol. The molecule has 1 amide bonds. The summed E-state index contributed by atoms with van der Waals surface area (Å²) in [6, 6.07) is 10.6. The van der Waals surface area contributed by atoms with Crippen LogP contribution in [0.1, 0.15) is 36.8 Å². The van der Waals surface area contributed by atoms with Crippen molar-refractivity contribution < 1.29 is 4.79 Å². The number of amides is 1. The fourth-order valence-corrected chi connectivity index (χ4v) is 5.95. The smallest absolute Gasteiger partial charge is 0.284 e. The van der Waals surface area contributed by atoms with Crippen LogP contribution >= 0.6 is 34.8 Å². The van der Waals surface area contributed by atoms with Crippen molar-refractivity contribution in [2.75, 3.05) is 51.1 Å². The molecule has 3 aliphatic heterocycles. The summed E-state index contributed by atoms with van der Waals surface area (Å²) in [4.78, 5) is 37.1. The zero-order chi connectivity index (χ0) is 29.8. The van der Waals surface area contributed by atoms with Gasteiger partial charge in [0.15, 0.2) is 5.82 Å². The van der Waals surface area contributed by atoms with Crippen molar-refractivity contribution in [3.63, 3.8) is 0 Å². The molecule has 1 fully saturated rings. The van der Waals surface area contributed by atoms with Crippen LogP contribution in [0.15, 0.2) is 41.2 Å². The zero-order valence-electron chi connectivity index (χ0n) is 23.4. The molecule has 2 aromatic rings. The number of fused-ring (bicyclic) bond motifs is 1. The van der Waals surface area contributed by atoms with Gasteiger partial charge in [0.1, 0.15) is 17.1 Å². The Morgan fingerprint density at radius 2 is 1.62 bits per heavy atom. The van der Waals surface area contributed by atoms with Crippen molar-refractivity contribution in [3.05, 3.63) is 78.9 Å². The lowest BCUT2D eigenvalue weighted by molar-refractivity contribution is -0.117. The summed E-state index contributed by atoms with van der Waals surface area (Å²) in [6.45, 7) is 9.45. The second kappa shape index (κ2) is 13.5. The highest BCUT2D eigenvalue weighted by Gasteiger charge is 2.27. The van der Waals surface area contributed by atoms with E-state index in [1.165, 1.54) is 0 Å². The second-order valence-corrected chi connectivity index (χ2v) is 11.8. The van der Waals surface area contributed by atoms with Crippen LogP contribution in [0.5, 0.6) is 0 Å². The van der Waals surface area contributed by atoms with E-state index in [1.807, 2.05) is 38.1 Å². The Balaban J connectivity index is 1.35. The third-order valence-corrected chi connectivity index (χ3v) is 7.85. The summed E-state index contributed by atoms with van der Waals surface area (Å²) in [5.74, 6) is 0.660. The molecule has 0 aromatic heterocycles. The highest BCUT2D eigenvalue weighted by molar-refractivity contribution is 6.40. The quantitative estimate of drug-likeness (QED) is 0.242. The minimum atomic E-state index is -0.385. The molecule has 0 bridgehead atoms. The molecule has 0 atom stereocenters. The van der Waals surface area contributed by atoms with Crippen LogP contribution < -0.4 is 21.5 Å². The van der Waals surface area contributed by atoms with Crippen LogP contribution in [-0.4, -0.2) is 76.4 Å². The number of H-pyrrole nitrogens is 1. The molecule has 222 valence electrons. The lowest BCUT2D eigenvalue weighted by Crippen LogP contribution is -2.39. The van der Waals surface area contributed by atoms with E-state index in [0.29, 0.717) is 62.3 Å². The van der Waals surface area contributed by atoms with Gasteiger partial charge in [-0.05, 0) is 35.7 Å². The Bertz CT molecular complexity index is 1550. The maximum absolute atomic E-state index is 13.3. The number of carbonyl (C=O) groups excluding carboxylic acids is 1. The predicted octanol–water partition coefficient (Wildman–Crippen LogP) is 4.17. The Morgan fingerprint density at radius 3 is 2.24 bits per heavy atom. The van der Waals surface area contributed by atoms with E-state index in [2.05, 4.69) is 30.9 Å². The average molecular weight is 632 g/mol. The maximum Gasteiger partial charge on any atom is 0.284 e. The van der Waals surface area contributed by atoms with Gasteiger partial charge in [-0.15, -0.1) is 0 Å². The first-order chi connectivity index (χ1) is 20.2. The van der Waals surface area contributed by atoms with Crippen molar-refractivity contribution in [2.45, 2.75) is 26.2 Å². The molecule has 4 N–H and O–H groups in total. The van der Waals surface area contributed by atoms with Gasteiger partial charge in [-0.2, -0.15) is 4.98 Å². The highest BCUT2D eigenvalue weighted by atomic mass is 35.5. The summed E-state index contributed by atoms with van der Waals surface area (Å²) in [6.07, 6.45) is 0.317. The topological polar surface area (TPSA) is 120 Å². The number of nitrogens with one attached hydrogen (secondary N) is 4. The fourth-order valence-electron chi connectivity index (χ4n) is 4.97. The molecule has 10 nitrogen and oxygen atoms in total. The van der Waals surface area contributed by atoms with Crippen molar-refractivity contribution in [3.8, 4) is 17.1 Å². The number of hydrogen-bond donors (Lipinski definition) is 4. The normalized spacial score (nSPS) is 15.0. The minimum Gasteiger partial charge on any atom is -0.325 e. The number of aromatic nitrogens is 4. The monoisotopic (exact) mass is 630 g/mol. The maximum atomic E-state index is 13.3. The molecule has 0 saturated carbocycles. The molecule has 5 rings (SSSR count). The molecule has 3 aliphatic rings. The molecule has 0 unspecified atom stereocenters. The Labute approximate surface area is 259 Å². The van der Waals surface area contributed by atoms with E-state index in [0.717, 1.165) is 44.8 Å². The number of rotatable bonds is 7. The van der Waals surface area contributed by atoms with Gasteiger partial charge in [-0.3, -0.25) is 19.6 Å². The van der Waals surface area contributed by atoms with Gasteiger partial charge in [0, 0.05) is 56.4 Å². The van der Waals surface area contributed by atoms with Gasteiger partial charge in [-0.25, -0.2) is 9.67 Å². The molecule has 13 heteroatoms. The average Bonchev–Trinajstić information content (AvgIpc) is 3.35. The molecular weight excluding hydrogens is 599 g/mol. The van der Waals surface area contributed by atoms with Crippen LogP contribution in [0.2, 0.25) is 15.1 Å². The van der Waals surface area contributed by atoms with E-state index >= 15 is 0 Å². The molecular formula is C29H33Cl3N8O2. The second-order valence-electron chi connectivity index (χ2n) is 10.6. The van der Waals surface area contributed by atoms with Gasteiger partial charge in [0.2, 0.25) is 5.91 Å². The van der Waals surface area contributed by atoms with Gasteiger partial charge in [0.25, 0.3) is 5.56 Å². The van der Waals surface area contributed by atoms with Crippen LogP contribution in [0.4, 0.5) is 5.69 Å². The Kier molecular flexibility index (Phi) is 9.82. The summed E-state index contributed by atoms with van der Waals surface area (Å²) in [5.41, 5.74) is 2.71. The fraction of sp³-hybridized carbons (Fsp3) is 0.379. The number of halogens is 3. The lowest BCUT2D eigenvalue weighted by Gasteiger charge is -2.20. The first-order valence-electron chi connectivity index (χ1n) is 13.9. The van der Waals surface area contributed by atoms with Crippen molar-refractivity contribution >= 4 is 46.4 Å². The number of aromatic amines is 1. The summed E-state index contributed by atoms with van der Waals surface area (Å²) in [7, 11) is 0. The third kappa shape index (κ3) is 7.14. The third-order valence-electron chi connectivity index (χ3n) is 7.05. The van der Waals surface area contributed by atoms with Gasteiger partial charge >= 0.3 is 0 Å². The Hall–Kier alpha value is -2.99. The van der Waals surface area contributed by atoms with Crippen LogP contribution in [0.3, 0.4) is 0 Å². The van der Waals surface area contributed by atoms with Crippen molar-refractivity contribution in [1.29, 1.82) is 0 Å². The summed E-state index contributed by atoms with van der Waals surface area (Å²) < 4.78 is 1.62. The zero-order valence-corrected chi connectivity index (χ0v) is 25.7. The Morgan fingerprint density at radius 1 is 0.976 bits per heavy atom. The molecule has 42 heavy (non-hydrogen) atoms. The largest absolute Gasteiger partial charge is 0.325 e. The number of carbonyl (C=O) groups is 1. The van der Waals surface area contributed by atoms with Crippen molar-refractivity contribution in [1.82, 2.24) is 35.3 Å². The standard InChI is InChI=1S/C29H33Cl3N8O2/c1-17(2)26-25-28(40(38-26)27-21(31)14-19(30)15-22(27)32)36-23(37-29(25)42)13-18-3-5-20(6-4-18)35-24(41)16-39-11-9-33-7-8-34-10-12-39/h3-6,14-15,17,33-34,38H,7-13,16H2,1-2H3,(H,35,41). The van der Waals surface area contributed by atoms with E-state index in [-0.39, 0.29) is 17.4 Å². The molecule has 0 aliphatic carbocycles. The van der Waals surface area contributed by atoms with Gasteiger partial charge in [0.05, 0.1) is 22.3 Å². The molecule has 0 radical (unpaired) electrons. The summed E-state index contributed by atoms with van der Waals surface area (Å²) >= 11 is 19.2. The molecule has 2 aromatic carbocycles. The first kappa shape index (κ1) is 30.5. The van der Waals surface area contributed by atoms with Crippen LogP contribution in [0, 0.1) is 0 Å². The number of anilines is 1. The van der Waals surface area contributed by atoms with Crippen LogP contribution in [-0.2, 0) is 11.2 Å². The molecule has 1 saturated heterocycles. The first-order valence-corrected chi connectivity index (χ1v) is 15.0.